The molecular formula is C26H36N2O9. The number of hydrogen-bond acceptors (Lipinski definition) is 9. The van der Waals surface area contributed by atoms with E-state index in [1.165, 1.54) is 18.1 Å². The van der Waals surface area contributed by atoms with E-state index in [1.807, 2.05) is 6.92 Å². The van der Waals surface area contributed by atoms with Crippen molar-refractivity contribution in [3.05, 3.63) is 34.9 Å². The van der Waals surface area contributed by atoms with Gasteiger partial charge in [0.2, 0.25) is 11.8 Å². The molecule has 0 unspecified atom stereocenters. The van der Waals surface area contributed by atoms with Gasteiger partial charge in [-0.15, -0.1) is 0 Å². The smallest absolute Gasteiger partial charge is 0.249 e. The van der Waals surface area contributed by atoms with Crippen LogP contribution >= 0.6 is 0 Å². The molecule has 1 heterocycles. The van der Waals surface area contributed by atoms with E-state index >= 15 is 0 Å². The van der Waals surface area contributed by atoms with E-state index < -0.39 is 30.1 Å². The quantitative estimate of drug-likeness (QED) is 0.235. The number of carbonyl (C=O) groups excluding carboxylic acids is 3. The normalized spacial score (nSPS) is 21.8. The van der Waals surface area contributed by atoms with Gasteiger partial charge in [0.25, 0.3) is 0 Å². The first-order chi connectivity index (χ1) is 17.9. The molecule has 4 atom stereocenters. The number of fused-ring (bicyclic) bond motifs is 3. The first-order valence-electron chi connectivity index (χ1n) is 12.5. The molecule has 11 nitrogen and oxygen atoms in total. The van der Waals surface area contributed by atoms with Gasteiger partial charge in [-0.25, -0.2) is 0 Å². The van der Waals surface area contributed by atoms with E-state index in [4.69, 9.17) is 18.9 Å². The Kier molecular flexibility index (Phi) is 10.4. The third-order valence-corrected chi connectivity index (χ3v) is 6.41. The molecule has 0 radical (unpaired) electrons. The zero-order valence-electron chi connectivity index (χ0n) is 21.5. The molecule has 1 aromatic carbocycles. The summed E-state index contributed by atoms with van der Waals surface area (Å²) < 4.78 is 22.3. The number of methoxy groups -OCH3 is 1. The first kappa shape index (κ1) is 28.6. The van der Waals surface area contributed by atoms with E-state index in [9.17, 15) is 24.6 Å². The fourth-order valence-corrected chi connectivity index (χ4v) is 4.75. The molecule has 0 bridgehead atoms. The summed E-state index contributed by atoms with van der Waals surface area (Å²) in [6.45, 7) is 4.80. The van der Waals surface area contributed by atoms with Gasteiger partial charge in [-0.1, -0.05) is 0 Å². The second-order valence-corrected chi connectivity index (χ2v) is 8.68. The van der Waals surface area contributed by atoms with E-state index in [0.717, 1.165) is 0 Å². The Labute approximate surface area is 216 Å². The van der Waals surface area contributed by atoms with Crippen LogP contribution in [0.25, 0.3) is 0 Å². The third kappa shape index (κ3) is 6.30. The Morgan fingerprint density at radius 3 is 2.62 bits per heavy atom. The number of benzene rings is 1. The van der Waals surface area contributed by atoms with Crippen LogP contribution in [0, 0.1) is 0 Å². The minimum Gasteiger partial charge on any atom is -0.493 e. The second-order valence-electron chi connectivity index (χ2n) is 8.68. The van der Waals surface area contributed by atoms with Crippen LogP contribution in [0.15, 0.2) is 23.8 Å². The van der Waals surface area contributed by atoms with E-state index in [2.05, 4.69) is 5.32 Å². The number of ether oxygens (including phenoxy) is 4. The van der Waals surface area contributed by atoms with Crippen molar-refractivity contribution in [2.45, 2.75) is 44.4 Å². The van der Waals surface area contributed by atoms with Crippen molar-refractivity contribution < 1.29 is 43.5 Å². The van der Waals surface area contributed by atoms with Crippen LogP contribution < -0.4 is 14.8 Å². The predicted octanol–water partition coefficient (Wildman–Crippen LogP) is 0.422. The largest absolute Gasteiger partial charge is 0.493 e. The van der Waals surface area contributed by atoms with Gasteiger partial charge in [-0.05, 0) is 38.5 Å². The third-order valence-electron chi connectivity index (χ3n) is 6.41. The summed E-state index contributed by atoms with van der Waals surface area (Å²) in [5.74, 6) is -0.912. The summed E-state index contributed by atoms with van der Waals surface area (Å²) in [5, 5.41) is 23.4. The van der Waals surface area contributed by atoms with Crippen molar-refractivity contribution >= 4 is 18.1 Å². The highest BCUT2D eigenvalue weighted by Crippen LogP contribution is 2.51. The van der Waals surface area contributed by atoms with E-state index in [1.54, 1.807) is 19.1 Å². The maximum Gasteiger partial charge on any atom is 0.249 e. The van der Waals surface area contributed by atoms with Crippen LogP contribution in [0.3, 0.4) is 0 Å². The monoisotopic (exact) mass is 520 g/mol. The number of hydrogen-bond donors (Lipinski definition) is 3. The summed E-state index contributed by atoms with van der Waals surface area (Å²) >= 11 is 0. The molecule has 1 aromatic rings. The molecule has 0 fully saturated rings. The highest BCUT2D eigenvalue weighted by molar-refractivity contribution is 5.96. The van der Waals surface area contributed by atoms with Crippen molar-refractivity contribution in [1.29, 1.82) is 0 Å². The Hall–Kier alpha value is -2.99. The fourth-order valence-electron chi connectivity index (χ4n) is 4.75. The lowest BCUT2D eigenvalue weighted by atomic mass is 9.77. The molecule has 204 valence electrons. The van der Waals surface area contributed by atoms with E-state index in [-0.39, 0.29) is 37.8 Å². The van der Waals surface area contributed by atoms with Crippen molar-refractivity contribution in [3.63, 3.8) is 0 Å². The minimum absolute atomic E-state index is 0.0214. The van der Waals surface area contributed by atoms with Crippen LogP contribution in [0.2, 0.25) is 0 Å². The maximum atomic E-state index is 13.3. The molecule has 1 aliphatic carbocycles. The number of aldehydes is 1. The Bertz CT molecular complexity index is 997. The van der Waals surface area contributed by atoms with Crippen molar-refractivity contribution in [2.75, 3.05) is 53.2 Å². The van der Waals surface area contributed by atoms with Crippen molar-refractivity contribution in [2.24, 2.45) is 0 Å². The zero-order valence-corrected chi connectivity index (χ0v) is 21.5. The molecule has 3 N–H and O–H groups in total. The van der Waals surface area contributed by atoms with Gasteiger partial charge in [-0.2, -0.15) is 0 Å². The molecule has 0 saturated carbocycles. The van der Waals surface area contributed by atoms with Gasteiger partial charge in [0.05, 0.1) is 25.7 Å². The number of nitrogens with zero attached hydrogens (tertiary/aromatic N) is 1. The molecule has 3 rings (SSSR count). The lowest BCUT2D eigenvalue weighted by Crippen LogP contribution is -2.56. The molecule has 0 aromatic heterocycles. The molecule has 1 aliphatic heterocycles. The van der Waals surface area contributed by atoms with Gasteiger partial charge in [0, 0.05) is 49.6 Å². The summed E-state index contributed by atoms with van der Waals surface area (Å²) in [7, 11) is 1.44. The Balaban J connectivity index is 2.06. The maximum absolute atomic E-state index is 13.3. The van der Waals surface area contributed by atoms with Crippen LogP contribution in [0.5, 0.6) is 11.5 Å². The predicted molar refractivity (Wildman–Crippen MR) is 133 cm³/mol. The molecule has 37 heavy (non-hydrogen) atoms. The van der Waals surface area contributed by atoms with Crippen molar-refractivity contribution in [1.82, 2.24) is 10.2 Å². The number of aliphatic hydroxyl groups is 2. The van der Waals surface area contributed by atoms with Gasteiger partial charge >= 0.3 is 0 Å². The lowest BCUT2D eigenvalue weighted by molar-refractivity contribution is -0.142. The Morgan fingerprint density at radius 1 is 1.22 bits per heavy atom. The highest BCUT2D eigenvalue weighted by atomic mass is 16.5. The molecule has 11 heteroatoms. The van der Waals surface area contributed by atoms with Crippen LogP contribution in [0.1, 0.15) is 42.1 Å². The highest BCUT2D eigenvalue weighted by Gasteiger charge is 2.51. The van der Waals surface area contributed by atoms with Gasteiger partial charge in [0.15, 0.2) is 11.5 Å². The molecule has 2 aliphatic rings. The number of aliphatic hydroxyl groups excluding tert-OH is 2. The van der Waals surface area contributed by atoms with E-state index in [0.29, 0.717) is 55.2 Å². The first-order valence-corrected chi connectivity index (χ1v) is 12.5. The van der Waals surface area contributed by atoms with Gasteiger partial charge < -0.3 is 39.4 Å². The van der Waals surface area contributed by atoms with Crippen LogP contribution in [0.4, 0.5) is 0 Å². The van der Waals surface area contributed by atoms with Crippen LogP contribution in [-0.4, -0.2) is 105 Å². The summed E-state index contributed by atoms with van der Waals surface area (Å²) in [5.41, 5.74) is 1.12. The summed E-state index contributed by atoms with van der Waals surface area (Å²) in [6.07, 6.45) is 0.626. The number of carbonyl (C=O) groups is 3. The average Bonchev–Trinajstić information content (AvgIpc) is 3.30. The average molecular weight is 521 g/mol. The topological polar surface area (TPSA) is 144 Å². The van der Waals surface area contributed by atoms with Gasteiger partial charge in [0.1, 0.15) is 25.1 Å². The standard InChI is InChI=1S/C26H36N2O9/c1-4-35-10-6-8-28(21(31)15-36-5-2)19-13-18(26(33)27-7-9-29)22-17-11-16(14-30)12-20(34-3)24(17)37-25(22)23(19)32/h11-14,19,22-23,25,29,32H,4-10,15H2,1-3H3,(H,27,33)/t19-,22+,23+,25+/m1/s1. The number of nitrogens with one attached hydrogen (secondary N) is 1. The summed E-state index contributed by atoms with van der Waals surface area (Å²) in [6, 6.07) is 2.24. The van der Waals surface area contributed by atoms with Crippen LogP contribution in [-0.2, 0) is 19.1 Å². The number of amides is 2. The SMILES string of the molecule is CCOCCCN(C(=O)COCC)[C@@H]1C=C(C(=O)NCCO)[C@@H]2c3cc(C=O)cc(OC)c3O[C@@H]2[C@H]1O. The second kappa shape index (κ2) is 13.5. The lowest BCUT2D eigenvalue weighted by Gasteiger charge is -2.40. The van der Waals surface area contributed by atoms with Gasteiger partial charge in [-0.3, -0.25) is 14.4 Å². The van der Waals surface area contributed by atoms with Crippen molar-refractivity contribution in [3.8, 4) is 11.5 Å². The Morgan fingerprint density at radius 2 is 1.97 bits per heavy atom. The molecule has 0 saturated heterocycles. The summed E-state index contributed by atoms with van der Waals surface area (Å²) in [4.78, 5) is 39.5. The molecule has 2 amide bonds. The molecular weight excluding hydrogens is 484 g/mol. The molecule has 0 spiro atoms. The fraction of sp³-hybridized carbons (Fsp3) is 0.577. The minimum atomic E-state index is -1.20. The zero-order chi connectivity index (χ0) is 26.9. The number of rotatable bonds is 14.